The Morgan fingerprint density at radius 1 is 1.00 bits per heavy atom. The first-order chi connectivity index (χ1) is 9.72. The van der Waals surface area contributed by atoms with Crippen LogP contribution in [0.3, 0.4) is 0 Å². The Morgan fingerprint density at radius 2 is 1.85 bits per heavy atom. The van der Waals surface area contributed by atoms with Gasteiger partial charge >= 0.3 is 0 Å². The lowest BCUT2D eigenvalue weighted by Gasteiger charge is -2.13. The van der Waals surface area contributed by atoms with Crippen LogP contribution in [0.4, 0.5) is 0 Å². The summed E-state index contributed by atoms with van der Waals surface area (Å²) in [5, 5.41) is 0.703. The third-order valence-electron chi connectivity index (χ3n) is 2.83. The van der Waals surface area contributed by atoms with E-state index < -0.39 is 0 Å². The Bertz CT molecular complexity index is 572. The maximum atomic E-state index is 5.95. The zero-order chi connectivity index (χ0) is 14.4. The van der Waals surface area contributed by atoms with Crippen LogP contribution in [0.15, 0.2) is 42.5 Å². The predicted octanol–water partition coefficient (Wildman–Crippen LogP) is 3.78. The summed E-state index contributed by atoms with van der Waals surface area (Å²) in [6, 6.07) is 13.3. The zero-order valence-corrected chi connectivity index (χ0v) is 12.2. The number of rotatable bonds is 6. The normalized spacial score (nSPS) is 10.3. The van der Waals surface area contributed by atoms with Crippen LogP contribution in [0.2, 0.25) is 5.02 Å². The van der Waals surface area contributed by atoms with Crippen molar-refractivity contribution in [1.82, 2.24) is 0 Å². The maximum Gasteiger partial charge on any atom is 0.161 e. The first kappa shape index (κ1) is 14.7. The molecule has 0 bridgehead atoms. The Kier molecular flexibility index (Phi) is 5.27. The van der Waals surface area contributed by atoms with Crippen molar-refractivity contribution in [2.45, 2.75) is 20.1 Å². The average molecular weight is 292 g/mol. The van der Waals surface area contributed by atoms with Gasteiger partial charge in [0.05, 0.1) is 6.61 Å². The topological polar surface area (TPSA) is 44.5 Å². The van der Waals surface area contributed by atoms with Crippen LogP contribution in [0.5, 0.6) is 11.5 Å². The van der Waals surface area contributed by atoms with Crippen LogP contribution >= 0.6 is 11.6 Å². The van der Waals surface area contributed by atoms with Crippen LogP contribution in [-0.2, 0) is 13.2 Å². The van der Waals surface area contributed by atoms with E-state index in [2.05, 4.69) is 0 Å². The summed E-state index contributed by atoms with van der Waals surface area (Å²) in [5.41, 5.74) is 7.67. The van der Waals surface area contributed by atoms with Gasteiger partial charge in [-0.05, 0) is 42.3 Å². The number of nitrogens with two attached hydrogens (primary N) is 1. The quantitative estimate of drug-likeness (QED) is 0.881. The van der Waals surface area contributed by atoms with E-state index in [9.17, 15) is 0 Å². The third-order valence-corrected chi connectivity index (χ3v) is 3.06. The summed E-state index contributed by atoms with van der Waals surface area (Å²) in [5.74, 6) is 1.43. The van der Waals surface area contributed by atoms with Crippen LogP contribution in [0.1, 0.15) is 18.1 Å². The van der Waals surface area contributed by atoms with E-state index in [-0.39, 0.29) is 0 Å². The predicted molar refractivity (Wildman–Crippen MR) is 81.3 cm³/mol. The highest BCUT2D eigenvalue weighted by Crippen LogP contribution is 2.29. The lowest BCUT2D eigenvalue weighted by molar-refractivity contribution is 0.269. The molecule has 0 fully saturated rings. The summed E-state index contributed by atoms with van der Waals surface area (Å²) in [7, 11) is 0. The number of ether oxygens (including phenoxy) is 2. The minimum absolute atomic E-state index is 0.447. The molecule has 0 aromatic heterocycles. The summed E-state index contributed by atoms with van der Waals surface area (Å²) in [4.78, 5) is 0. The van der Waals surface area contributed by atoms with Crippen molar-refractivity contribution < 1.29 is 9.47 Å². The summed E-state index contributed by atoms with van der Waals surface area (Å²) >= 11 is 5.95. The van der Waals surface area contributed by atoms with Crippen LogP contribution in [0, 0.1) is 0 Å². The van der Waals surface area contributed by atoms with Crippen molar-refractivity contribution in [1.29, 1.82) is 0 Å². The van der Waals surface area contributed by atoms with Gasteiger partial charge in [-0.3, -0.25) is 0 Å². The molecular formula is C16H18ClNO2. The van der Waals surface area contributed by atoms with Crippen molar-refractivity contribution >= 4 is 11.6 Å². The highest BCUT2D eigenvalue weighted by atomic mass is 35.5. The van der Waals surface area contributed by atoms with Crippen molar-refractivity contribution in [3.63, 3.8) is 0 Å². The molecule has 0 heterocycles. The van der Waals surface area contributed by atoms with E-state index in [1.807, 2.05) is 49.4 Å². The van der Waals surface area contributed by atoms with Gasteiger partial charge in [0, 0.05) is 11.6 Å². The lowest BCUT2D eigenvalue weighted by atomic mass is 10.2. The fourth-order valence-electron chi connectivity index (χ4n) is 1.85. The van der Waals surface area contributed by atoms with Crippen molar-refractivity contribution in [3.8, 4) is 11.5 Å². The highest BCUT2D eigenvalue weighted by molar-refractivity contribution is 6.30. The van der Waals surface area contributed by atoms with Crippen LogP contribution in [0.25, 0.3) is 0 Å². The first-order valence-electron chi connectivity index (χ1n) is 6.56. The molecule has 0 unspecified atom stereocenters. The van der Waals surface area contributed by atoms with Gasteiger partial charge < -0.3 is 15.2 Å². The van der Waals surface area contributed by atoms with Crippen molar-refractivity contribution in [2.24, 2.45) is 5.73 Å². The van der Waals surface area contributed by atoms with Crippen LogP contribution in [-0.4, -0.2) is 6.61 Å². The van der Waals surface area contributed by atoms with E-state index >= 15 is 0 Å². The second-order valence-corrected chi connectivity index (χ2v) is 4.77. The molecule has 106 valence electrons. The molecule has 0 spiro atoms. The monoisotopic (exact) mass is 291 g/mol. The maximum absolute atomic E-state index is 5.95. The van der Waals surface area contributed by atoms with E-state index in [0.29, 0.717) is 30.5 Å². The Hall–Kier alpha value is -1.71. The molecule has 3 nitrogen and oxygen atoms in total. The molecule has 2 N–H and O–H groups in total. The van der Waals surface area contributed by atoms with E-state index in [1.54, 1.807) is 0 Å². The van der Waals surface area contributed by atoms with Crippen LogP contribution < -0.4 is 15.2 Å². The fraction of sp³-hybridized carbons (Fsp3) is 0.250. The SMILES string of the molecule is CCOc1cc(CN)ccc1OCc1cccc(Cl)c1. The lowest BCUT2D eigenvalue weighted by Crippen LogP contribution is -2.02. The van der Waals surface area contributed by atoms with Gasteiger partial charge in [-0.15, -0.1) is 0 Å². The van der Waals surface area contributed by atoms with Crippen molar-refractivity contribution in [2.75, 3.05) is 6.61 Å². The van der Waals surface area contributed by atoms with Gasteiger partial charge in [0.2, 0.25) is 0 Å². The molecule has 0 aliphatic rings. The molecule has 20 heavy (non-hydrogen) atoms. The molecule has 0 atom stereocenters. The molecule has 0 amide bonds. The van der Waals surface area contributed by atoms with E-state index in [1.165, 1.54) is 0 Å². The van der Waals surface area contributed by atoms with Gasteiger partial charge in [0.15, 0.2) is 11.5 Å². The van der Waals surface area contributed by atoms with E-state index in [0.717, 1.165) is 16.9 Å². The minimum Gasteiger partial charge on any atom is -0.490 e. The van der Waals surface area contributed by atoms with E-state index in [4.69, 9.17) is 26.8 Å². The summed E-state index contributed by atoms with van der Waals surface area (Å²) in [6.45, 7) is 3.45. The largest absolute Gasteiger partial charge is 0.490 e. The molecule has 2 aromatic carbocycles. The number of hydrogen-bond acceptors (Lipinski definition) is 3. The molecule has 2 rings (SSSR count). The fourth-order valence-corrected chi connectivity index (χ4v) is 2.07. The third kappa shape index (κ3) is 3.89. The smallest absolute Gasteiger partial charge is 0.161 e. The minimum atomic E-state index is 0.447. The summed E-state index contributed by atoms with van der Waals surface area (Å²) in [6.07, 6.45) is 0. The Morgan fingerprint density at radius 3 is 2.55 bits per heavy atom. The molecule has 0 saturated heterocycles. The first-order valence-corrected chi connectivity index (χ1v) is 6.93. The Labute approximate surface area is 124 Å². The zero-order valence-electron chi connectivity index (χ0n) is 11.4. The Balaban J connectivity index is 2.12. The molecule has 0 aliphatic carbocycles. The number of benzene rings is 2. The van der Waals surface area contributed by atoms with Gasteiger partial charge in [-0.2, -0.15) is 0 Å². The standard InChI is InChI=1S/C16H18ClNO2/c1-2-19-16-9-12(10-18)6-7-15(16)20-11-13-4-3-5-14(17)8-13/h3-9H,2,10-11,18H2,1H3. The van der Waals surface area contributed by atoms with Gasteiger partial charge in [-0.1, -0.05) is 29.8 Å². The molecule has 4 heteroatoms. The molecule has 0 aliphatic heterocycles. The molecular weight excluding hydrogens is 274 g/mol. The second kappa shape index (κ2) is 7.17. The molecule has 2 aromatic rings. The van der Waals surface area contributed by atoms with Gasteiger partial charge in [0.25, 0.3) is 0 Å². The van der Waals surface area contributed by atoms with Gasteiger partial charge in [0.1, 0.15) is 6.61 Å². The molecule has 0 radical (unpaired) electrons. The summed E-state index contributed by atoms with van der Waals surface area (Å²) < 4.78 is 11.4. The average Bonchev–Trinajstić information content (AvgIpc) is 2.46. The highest BCUT2D eigenvalue weighted by Gasteiger charge is 2.06. The van der Waals surface area contributed by atoms with Gasteiger partial charge in [-0.25, -0.2) is 0 Å². The molecule has 0 saturated carbocycles. The van der Waals surface area contributed by atoms with Crippen molar-refractivity contribution in [3.05, 3.63) is 58.6 Å². The second-order valence-electron chi connectivity index (χ2n) is 4.34. The number of hydrogen-bond donors (Lipinski definition) is 1. The number of halogens is 1.